The fourth-order valence-corrected chi connectivity index (χ4v) is 1.41. The summed E-state index contributed by atoms with van der Waals surface area (Å²) in [6.45, 7) is 5.46. The zero-order chi connectivity index (χ0) is 13.1. The molecule has 1 atom stereocenters. The first-order valence-electron chi connectivity index (χ1n) is 6.69. The number of aliphatic hydroxyl groups is 2. The van der Waals surface area contributed by atoms with Gasteiger partial charge in [-0.05, 0) is 39.5 Å². The van der Waals surface area contributed by atoms with Crippen LogP contribution >= 0.6 is 0 Å². The van der Waals surface area contributed by atoms with E-state index in [1.54, 1.807) is 13.8 Å². The number of allylic oxidation sites excluding steroid dienone is 3. The normalized spacial score (nSPS) is 14.9. The van der Waals surface area contributed by atoms with Crippen LogP contribution in [0.5, 0.6) is 0 Å². The molecule has 0 aromatic heterocycles. The van der Waals surface area contributed by atoms with Crippen molar-refractivity contribution in [3.05, 3.63) is 24.3 Å². The SMILES string of the molecule is CCCCCC=CCC=CCC(O)C(C)(C)O. The van der Waals surface area contributed by atoms with Gasteiger partial charge in [0.15, 0.2) is 0 Å². The second-order valence-electron chi connectivity index (χ2n) is 5.08. The molecule has 0 rings (SSSR count). The Balaban J connectivity index is 3.55. The molecule has 2 heteroatoms. The van der Waals surface area contributed by atoms with Crippen molar-refractivity contribution < 1.29 is 10.2 Å². The summed E-state index contributed by atoms with van der Waals surface area (Å²) in [4.78, 5) is 0. The van der Waals surface area contributed by atoms with Gasteiger partial charge in [0.2, 0.25) is 0 Å². The summed E-state index contributed by atoms with van der Waals surface area (Å²) in [5.41, 5.74) is -1.01. The van der Waals surface area contributed by atoms with Gasteiger partial charge < -0.3 is 10.2 Å². The number of unbranched alkanes of at least 4 members (excludes halogenated alkanes) is 3. The number of aliphatic hydroxyl groups excluding tert-OH is 1. The summed E-state index contributed by atoms with van der Waals surface area (Å²) in [6, 6.07) is 0. The van der Waals surface area contributed by atoms with Crippen LogP contribution in [0.2, 0.25) is 0 Å². The molecule has 2 N–H and O–H groups in total. The van der Waals surface area contributed by atoms with Crippen LogP contribution in [-0.2, 0) is 0 Å². The average molecular weight is 240 g/mol. The molecule has 0 amide bonds. The Morgan fingerprint density at radius 2 is 1.71 bits per heavy atom. The lowest BCUT2D eigenvalue weighted by molar-refractivity contribution is -0.0456. The standard InChI is InChI=1S/C15H28O2/c1-4-5-6-7-8-9-10-11-12-13-14(16)15(2,3)17/h8-9,11-12,14,16-17H,4-7,10,13H2,1-3H3. The Morgan fingerprint density at radius 3 is 2.29 bits per heavy atom. The van der Waals surface area contributed by atoms with Gasteiger partial charge >= 0.3 is 0 Å². The summed E-state index contributed by atoms with van der Waals surface area (Å²) >= 11 is 0. The molecular weight excluding hydrogens is 212 g/mol. The molecule has 1 unspecified atom stereocenters. The van der Waals surface area contributed by atoms with E-state index in [-0.39, 0.29) is 0 Å². The van der Waals surface area contributed by atoms with Crippen LogP contribution in [0.1, 0.15) is 59.3 Å². The zero-order valence-corrected chi connectivity index (χ0v) is 11.5. The predicted molar refractivity (Wildman–Crippen MR) is 74.0 cm³/mol. The van der Waals surface area contributed by atoms with Gasteiger partial charge in [0.1, 0.15) is 0 Å². The molecule has 0 aromatic carbocycles. The molecular formula is C15H28O2. The topological polar surface area (TPSA) is 40.5 Å². The van der Waals surface area contributed by atoms with Gasteiger partial charge in [0, 0.05) is 0 Å². The smallest absolute Gasteiger partial charge is 0.0855 e. The van der Waals surface area contributed by atoms with E-state index >= 15 is 0 Å². The Morgan fingerprint density at radius 1 is 1.06 bits per heavy atom. The molecule has 100 valence electrons. The van der Waals surface area contributed by atoms with Gasteiger partial charge in [0.25, 0.3) is 0 Å². The maximum atomic E-state index is 9.57. The summed E-state index contributed by atoms with van der Waals surface area (Å²) in [5, 5.41) is 19.1. The van der Waals surface area contributed by atoms with Gasteiger partial charge in [-0.1, -0.05) is 44.1 Å². The first-order chi connectivity index (χ1) is 7.98. The molecule has 0 aliphatic carbocycles. The highest BCUT2D eigenvalue weighted by Gasteiger charge is 2.22. The minimum absolute atomic E-state index is 0.507. The lowest BCUT2D eigenvalue weighted by Gasteiger charge is -2.23. The maximum Gasteiger partial charge on any atom is 0.0855 e. The van der Waals surface area contributed by atoms with Crippen molar-refractivity contribution in [2.24, 2.45) is 0 Å². The van der Waals surface area contributed by atoms with Crippen LogP contribution in [0.25, 0.3) is 0 Å². The van der Waals surface area contributed by atoms with Crippen LogP contribution < -0.4 is 0 Å². The zero-order valence-electron chi connectivity index (χ0n) is 11.5. The van der Waals surface area contributed by atoms with E-state index in [0.29, 0.717) is 6.42 Å². The summed E-state index contributed by atoms with van der Waals surface area (Å²) in [6.07, 6.45) is 14.1. The third-order valence-corrected chi connectivity index (χ3v) is 2.75. The molecule has 0 bridgehead atoms. The molecule has 0 radical (unpaired) electrons. The Kier molecular flexibility index (Phi) is 9.10. The van der Waals surface area contributed by atoms with Crippen molar-refractivity contribution in [2.45, 2.75) is 71.0 Å². The van der Waals surface area contributed by atoms with Crippen LogP contribution in [0.15, 0.2) is 24.3 Å². The van der Waals surface area contributed by atoms with E-state index < -0.39 is 11.7 Å². The molecule has 0 aromatic rings. The largest absolute Gasteiger partial charge is 0.390 e. The molecule has 0 aliphatic rings. The first kappa shape index (κ1) is 16.4. The van der Waals surface area contributed by atoms with Crippen molar-refractivity contribution in [1.82, 2.24) is 0 Å². The van der Waals surface area contributed by atoms with Crippen LogP contribution in [0, 0.1) is 0 Å². The molecule has 2 nitrogen and oxygen atoms in total. The monoisotopic (exact) mass is 240 g/mol. The lowest BCUT2D eigenvalue weighted by Crippen LogP contribution is -2.35. The van der Waals surface area contributed by atoms with Gasteiger partial charge in [0.05, 0.1) is 11.7 Å². The molecule has 0 aliphatic heterocycles. The minimum Gasteiger partial charge on any atom is -0.390 e. The fraction of sp³-hybridized carbons (Fsp3) is 0.733. The van der Waals surface area contributed by atoms with E-state index in [1.165, 1.54) is 19.3 Å². The van der Waals surface area contributed by atoms with Crippen molar-refractivity contribution >= 4 is 0 Å². The Hall–Kier alpha value is -0.600. The van der Waals surface area contributed by atoms with Gasteiger partial charge in [-0.25, -0.2) is 0 Å². The minimum atomic E-state index is -1.01. The fourth-order valence-electron chi connectivity index (χ4n) is 1.41. The third kappa shape index (κ3) is 10.3. The van der Waals surface area contributed by atoms with E-state index in [0.717, 1.165) is 12.8 Å². The van der Waals surface area contributed by atoms with E-state index in [1.807, 2.05) is 12.2 Å². The van der Waals surface area contributed by atoms with E-state index in [4.69, 9.17) is 0 Å². The van der Waals surface area contributed by atoms with Gasteiger partial charge in [-0.15, -0.1) is 0 Å². The number of hydrogen-bond donors (Lipinski definition) is 2. The molecule has 0 fully saturated rings. The summed E-state index contributed by atoms with van der Waals surface area (Å²) < 4.78 is 0. The summed E-state index contributed by atoms with van der Waals surface area (Å²) in [7, 11) is 0. The van der Waals surface area contributed by atoms with Crippen molar-refractivity contribution in [1.29, 1.82) is 0 Å². The van der Waals surface area contributed by atoms with Gasteiger partial charge in [-0.3, -0.25) is 0 Å². The molecule has 0 saturated carbocycles. The number of rotatable bonds is 9. The lowest BCUT2D eigenvalue weighted by atomic mass is 9.99. The maximum absolute atomic E-state index is 9.57. The second kappa shape index (κ2) is 9.43. The van der Waals surface area contributed by atoms with Crippen LogP contribution in [0.3, 0.4) is 0 Å². The molecule has 0 spiro atoms. The molecule has 0 saturated heterocycles. The predicted octanol–water partition coefficient (Wildman–Crippen LogP) is 3.59. The number of hydrogen-bond acceptors (Lipinski definition) is 2. The third-order valence-electron chi connectivity index (χ3n) is 2.75. The highest BCUT2D eigenvalue weighted by Crippen LogP contribution is 2.12. The van der Waals surface area contributed by atoms with Crippen molar-refractivity contribution in [2.75, 3.05) is 0 Å². The van der Waals surface area contributed by atoms with E-state index in [9.17, 15) is 10.2 Å². The highest BCUT2D eigenvalue weighted by molar-refractivity contribution is 4.95. The quantitative estimate of drug-likeness (QED) is 0.477. The Labute approximate surface area is 106 Å². The second-order valence-corrected chi connectivity index (χ2v) is 5.08. The van der Waals surface area contributed by atoms with E-state index in [2.05, 4.69) is 19.1 Å². The summed E-state index contributed by atoms with van der Waals surface area (Å²) in [5.74, 6) is 0. The molecule has 0 heterocycles. The van der Waals surface area contributed by atoms with Crippen LogP contribution in [-0.4, -0.2) is 21.9 Å². The van der Waals surface area contributed by atoms with Crippen LogP contribution in [0.4, 0.5) is 0 Å². The van der Waals surface area contributed by atoms with Gasteiger partial charge in [-0.2, -0.15) is 0 Å². The highest BCUT2D eigenvalue weighted by atomic mass is 16.3. The van der Waals surface area contributed by atoms with Crippen molar-refractivity contribution in [3.8, 4) is 0 Å². The first-order valence-corrected chi connectivity index (χ1v) is 6.69. The average Bonchev–Trinajstić information content (AvgIpc) is 2.25. The molecule has 17 heavy (non-hydrogen) atoms. The Bertz CT molecular complexity index is 224. The van der Waals surface area contributed by atoms with Crippen molar-refractivity contribution in [3.63, 3.8) is 0 Å².